The van der Waals surface area contributed by atoms with Gasteiger partial charge >= 0.3 is 0 Å². The molecule has 1 atom stereocenters. The van der Waals surface area contributed by atoms with E-state index in [2.05, 4.69) is 29.2 Å². The highest BCUT2D eigenvalue weighted by atomic mass is 16.2. The highest BCUT2D eigenvalue weighted by molar-refractivity contribution is 5.93. The largest absolute Gasteiger partial charge is 0.354 e. The van der Waals surface area contributed by atoms with Crippen molar-refractivity contribution in [2.24, 2.45) is 5.92 Å². The number of piperidine rings is 1. The molecule has 0 saturated carbocycles. The maximum absolute atomic E-state index is 13.0. The van der Waals surface area contributed by atoms with Crippen molar-refractivity contribution >= 4 is 28.2 Å². The molecule has 1 aromatic heterocycles. The molecule has 4 rings (SSSR count). The van der Waals surface area contributed by atoms with Crippen LogP contribution in [0.15, 0.2) is 53.3 Å². The normalized spacial score (nSPS) is 16.6. The van der Waals surface area contributed by atoms with E-state index in [9.17, 15) is 9.59 Å². The van der Waals surface area contributed by atoms with Crippen molar-refractivity contribution in [3.63, 3.8) is 0 Å². The number of anilines is 2. The van der Waals surface area contributed by atoms with Crippen LogP contribution in [-0.4, -0.2) is 28.8 Å². The molecular weight excluding hydrogens is 376 g/mol. The summed E-state index contributed by atoms with van der Waals surface area (Å²) in [7, 11) is 0. The van der Waals surface area contributed by atoms with E-state index in [1.54, 1.807) is 0 Å². The van der Waals surface area contributed by atoms with Gasteiger partial charge in [-0.2, -0.15) is 5.10 Å². The van der Waals surface area contributed by atoms with E-state index in [1.807, 2.05) is 48.5 Å². The van der Waals surface area contributed by atoms with Gasteiger partial charge in [0.25, 0.3) is 5.56 Å². The standard InChI is InChI=1S/C24H28N4O2/c1-3-18-10-12-19(13-11-18)25-22(29)16-28-24(30)21-9-5-4-8-20(21)23(26-28)27-14-6-7-17(2)15-27/h4-5,8-13,17H,3,6-7,14-16H2,1-2H3,(H,25,29)/t17-/m1/s1. The molecule has 1 saturated heterocycles. The Balaban J connectivity index is 1.63. The number of carbonyl (C=O) groups excluding carboxylic acids is 1. The summed E-state index contributed by atoms with van der Waals surface area (Å²) in [5.41, 5.74) is 1.69. The fourth-order valence-corrected chi connectivity index (χ4v) is 4.10. The first-order valence-electron chi connectivity index (χ1n) is 10.7. The van der Waals surface area contributed by atoms with Gasteiger partial charge in [-0.1, -0.05) is 44.2 Å². The molecule has 0 aliphatic carbocycles. The lowest BCUT2D eigenvalue weighted by Crippen LogP contribution is -2.38. The van der Waals surface area contributed by atoms with Gasteiger partial charge in [0.2, 0.25) is 5.91 Å². The molecule has 0 unspecified atom stereocenters. The summed E-state index contributed by atoms with van der Waals surface area (Å²) in [6.07, 6.45) is 3.25. The molecule has 1 N–H and O–H groups in total. The Morgan fingerprint density at radius 3 is 2.57 bits per heavy atom. The maximum Gasteiger partial charge on any atom is 0.275 e. The maximum atomic E-state index is 13.0. The average Bonchev–Trinajstić information content (AvgIpc) is 2.76. The number of benzene rings is 2. The van der Waals surface area contributed by atoms with Crippen molar-refractivity contribution in [3.8, 4) is 0 Å². The zero-order valence-electron chi connectivity index (χ0n) is 17.6. The van der Waals surface area contributed by atoms with Crippen LogP contribution in [0.3, 0.4) is 0 Å². The van der Waals surface area contributed by atoms with Gasteiger partial charge in [-0.15, -0.1) is 0 Å². The van der Waals surface area contributed by atoms with E-state index in [4.69, 9.17) is 0 Å². The summed E-state index contributed by atoms with van der Waals surface area (Å²) in [5.74, 6) is 1.10. The third kappa shape index (κ3) is 4.22. The van der Waals surface area contributed by atoms with Crippen LogP contribution in [0.5, 0.6) is 0 Å². The number of carbonyl (C=O) groups is 1. The topological polar surface area (TPSA) is 67.2 Å². The first-order valence-corrected chi connectivity index (χ1v) is 10.7. The van der Waals surface area contributed by atoms with Crippen LogP contribution in [0.4, 0.5) is 11.5 Å². The second-order valence-electron chi connectivity index (χ2n) is 8.12. The Hall–Kier alpha value is -3.15. The average molecular weight is 405 g/mol. The minimum atomic E-state index is -0.262. The van der Waals surface area contributed by atoms with Gasteiger partial charge in [0.05, 0.1) is 5.39 Å². The Morgan fingerprint density at radius 2 is 1.87 bits per heavy atom. The van der Waals surface area contributed by atoms with Crippen LogP contribution < -0.4 is 15.8 Å². The van der Waals surface area contributed by atoms with Crippen LogP contribution in [0.2, 0.25) is 0 Å². The van der Waals surface area contributed by atoms with Crippen molar-refractivity contribution in [1.82, 2.24) is 9.78 Å². The second kappa shape index (κ2) is 8.69. The predicted molar refractivity (Wildman–Crippen MR) is 121 cm³/mol. The Morgan fingerprint density at radius 1 is 1.13 bits per heavy atom. The number of hydrogen-bond acceptors (Lipinski definition) is 4. The van der Waals surface area contributed by atoms with Crippen LogP contribution in [0, 0.1) is 5.92 Å². The number of aromatic nitrogens is 2. The van der Waals surface area contributed by atoms with Gasteiger partial charge in [0.1, 0.15) is 6.54 Å². The number of hydrogen-bond donors (Lipinski definition) is 1. The Kier molecular flexibility index (Phi) is 5.84. The summed E-state index contributed by atoms with van der Waals surface area (Å²) in [6, 6.07) is 15.3. The van der Waals surface area contributed by atoms with Gasteiger partial charge in [0.15, 0.2) is 5.82 Å². The predicted octanol–water partition coefficient (Wildman–Crippen LogP) is 3.83. The molecule has 0 spiro atoms. The van der Waals surface area contributed by atoms with Gasteiger partial charge in [0, 0.05) is 24.2 Å². The van der Waals surface area contributed by atoms with E-state index < -0.39 is 0 Å². The first kappa shape index (κ1) is 20.1. The van der Waals surface area contributed by atoms with Crippen molar-refractivity contribution in [2.75, 3.05) is 23.3 Å². The smallest absolute Gasteiger partial charge is 0.275 e. The highest BCUT2D eigenvalue weighted by Crippen LogP contribution is 2.26. The molecule has 1 aliphatic heterocycles. The molecule has 1 fully saturated rings. The van der Waals surface area contributed by atoms with Crippen molar-refractivity contribution in [1.29, 1.82) is 0 Å². The summed E-state index contributed by atoms with van der Waals surface area (Å²) in [6.45, 7) is 6.03. The molecule has 0 bridgehead atoms. The van der Waals surface area contributed by atoms with Crippen LogP contribution >= 0.6 is 0 Å². The van der Waals surface area contributed by atoms with Crippen molar-refractivity contribution in [3.05, 3.63) is 64.4 Å². The molecule has 6 heteroatoms. The lowest BCUT2D eigenvalue weighted by Gasteiger charge is -2.32. The summed E-state index contributed by atoms with van der Waals surface area (Å²) in [5, 5.41) is 8.96. The van der Waals surface area contributed by atoms with Crippen LogP contribution in [-0.2, 0) is 17.8 Å². The van der Waals surface area contributed by atoms with E-state index >= 15 is 0 Å². The number of fused-ring (bicyclic) bond motifs is 1. The van der Waals surface area contributed by atoms with Crippen molar-refractivity contribution < 1.29 is 4.79 Å². The molecule has 156 valence electrons. The number of aryl methyl sites for hydroxylation is 1. The number of nitrogens with zero attached hydrogens (tertiary/aromatic N) is 3. The SMILES string of the molecule is CCc1ccc(NC(=O)Cn2nc(N3CCC[C@@H](C)C3)c3ccccc3c2=O)cc1. The Labute approximate surface area is 176 Å². The fourth-order valence-electron chi connectivity index (χ4n) is 4.10. The lowest BCUT2D eigenvalue weighted by molar-refractivity contribution is -0.117. The van der Waals surface area contributed by atoms with E-state index in [-0.39, 0.29) is 18.0 Å². The first-order chi connectivity index (χ1) is 14.5. The summed E-state index contributed by atoms with van der Waals surface area (Å²) < 4.78 is 1.30. The second-order valence-corrected chi connectivity index (χ2v) is 8.12. The zero-order chi connectivity index (χ0) is 21.1. The monoisotopic (exact) mass is 404 g/mol. The molecule has 0 radical (unpaired) electrons. The van der Waals surface area contributed by atoms with Gasteiger partial charge < -0.3 is 10.2 Å². The zero-order valence-corrected chi connectivity index (χ0v) is 17.6. The number of amides is 1. The molecule has 2 heterocycles. The molecule has 1 amide bonds. The minimum absolute atomic E-state index is 0.115. The number of nitrogens with one attached hydrogen (secondary N) is 1. The van der Waals surface area contributed by atoms with Crippen molar-refractivity contribution in [2.45, 2.75) is 39.7 Å². The van der Waals surface area contributed by atoms with E-state index in [0.29, 0.717) is 11.3 Å². The number of rotatable bonds is 5. The summed E-state index contributed by atoms with van der Waals surface area (Å²) in [4.78, 5) is 27.9. The summed E-state index contributed by atoms with van der Waals surface area (Å²) >= 11 is 0. The Bertz CT molecular complexity index is 1100. The molecule has 2 aromatic carbocycles. The fraction of sp³-hybridized carbons (Fsp3) is 0.375. The molecule has 6 nitrogen and oxygen atoms in total. The lowest BCUT2D eigenvalue weighted by atomic mass is 10.00. The van der Waals surface area contributed by atoms with E-state index in [1.165, 1.54) is 16.7 Å². The van der Waals surface area contributed by atoms with Gasteiger partial charge in [-0.3, -0.25) is 9.59 Å². The van der Waals surface area contributed by atoms with Gasteiger partial charge in [-0.05, 0) is 48.9 Å². The molecular formula is C24H28N4O2. The molecule has 30 heavy (non-hydrogen) atoms. The molecule has 3 aromatic rings. The van der Waals surface area contributed by atoms with E-state index in [0.717, 1.165) is 42.8 Å². The highest BCUT2D eigenvalue weighted by Gasteiger charge is 2.22. The minimum Gasteiger partial charge on any atom is -0.354 e. The third-order valence-corrected chi connectivity index (χ3v) is 5.74. The quantitative estimate of drug-likeness (QED) is 0.702. The molecule has 1 aliphatic rings. The third-order valence-electron chi connectivity index (χ3n) is 5.74. The van der Waals surface area contributed by atoms with Crippen LogP contribution in [0.25, 0.3) is 10.8 Å². The van der Waals surface area contributed by atoms with Crippen LogP contribution in [0.1, 0.15) is 32.3 Å². The van der Waals surface area contributed by atoms with Gasteiger partial charge in [-0.25, -0.2) is 4.68 Å².